The predicted molar refractivity (Wildman–Crippen MR) is 147 cm³/mol. The van der Waals surface area contributed by atoms with Crippen molar-refractivity contribution >= 4 is 11.7 Å². The lowest BCUT2D eigenvalue weighted by molar-refractivity contribution is -0.128. The smallest absolute Gasteiger partial charge is 0.245 e. The minimum absolute atomic E-state index is 0.00659. The average Bonchev–Trinajstić information content (AvgIpc) is 2.88. The fraction of sp³-hybridized carbons (Fsp3) is 0.600. The van der Waals surface area contributed by atoms with Crippen molar-refractivity contribution < 1.29 is 13.6 Å². The van der Waals surface area contributed by atoms with Crippen LogP contribution in [0.5, 0.6) is 0 Å². The summed E-state index contributed by atoms with van der Waals surface area (Å²) >= 11 is 0. The van der Waals surface area contributed by atoms with Crippen LogP contribution < -0.4 is 5.32 Å². The molecule has 1 amide bonds. The lowest BCUT2D eigenvalue weighted by Gasteiger charge is -2.41. The van der Waals surface area contributed by atoms with E-state index < -0.39 is 12.3 Å². The molecule has 204 valence electrons. The van der Waals surface area contributed by atoms with Gasteiger partial charge in [0.15, 0.2) is 0 Å². The van der Waals surface area contributed by atoms with Gasteiger partial charge in [-0.3, -0.25) is 10.2 Å². The number of nitrogens with one attached hydrogen (secondary N) is 2. The van der Waals surface area contributed by atoms with Crippen LogP contribution in [0.15, 0.2) is 58.5 Å². The summed E-state index contributed by atoms with van der Waals surface area (Å²) in [5.74, 6) is -0.596. The molecule has 0 bridgehead atoms. The molecule has 0 saturated heterocycles. The van der Waals surface area contributed by atoms with Crippen LogP contribution in [0.25, 0.3) is 0 Å². The van der Waals surface area contributed by atoms with Gasteiger partial charge in [-0.15, -0.1) is 0 Å². The second kappa shape index (κ2) is 13.2. The molecule has 0 radical (unpaired) electrons. The highest BCUT2D eigenvalue weighted by Gasteiger charge is 2.37. The Hall–Kier alpha value is -2.70. The second-order valence-electron chi connectivity index (χ2n) is 10.3. The van der Waals surface area contributed by atoms with Gasteiger partial charge in [-0.25, -0.2) is 8.78 Å². The molecule has 37 heavy (non-hydrogen) atoms. The van der Waals surface area contributed by atoms with E-state index in [0.29, 0.717) is 43.5 Å². The first-order valence-corrected chi connectivity index (χ1v) is 13.9. The zero-order valence-corrected chi connectivity index (χ0v) is 23.0. The number of rotatable bonds is 10. The summed E-state index contributed by atoms with van der Waals surface area (Å²) in [7, 11) is 0. The fourth-order valence-corrected chi connectivity index (χ4v) is 5.87. The minimum atomic E-state index is -2.50. The van der Waals surface area contributed by atoms with Crippen LogP contribution >= 0.6 is 0 Å². The van der Waals surface area contributed by atoms with E-state index in [9.17, 15) is 19.0 Å². The fourth-order valence-electron chi connectivity index (χ4n) is 5.87. The summed E-state index contributed by atoms with van der Waals surface area (Å²) in [6.07, 6.45) is 9.69. The number of allylic oxidation sites excluding steroid dienone is 7. The van der Waals surface area contributed by atoms with Crippen molar-refractivity contribution in [2.24, 2.45) is 5.92 Å². The number of nitrogens with zero attached hydrogens (tertiary/aromatic N) is 2. The van der Waals surface area contributed by atoms with Gasteiger partial charge in [-0.2, -0.15) is 0 Å². The standard InChI is InChI=1S/C30H44F2N4O/c1-6-11-23(12-7-2)34-27-14-16-35(20(5)37)19-26(27)30(33)36-15-10-13-22-17-24(21(8-3)9-4)25(29(31)32)18-28(22)36/h8-9,17,23,25,29,33-34H,3,6-7,10-16,18-19H2,1-2,4-5H3/b21-9+,33-30?. The zero-order chi connectivity index (χ0) is 27.1. The molecular formula is C30H44F2N4O. The van der Waals surface area contributed by atoms with Gasteiger partial charge in [-0.1, -0.05) is 51.5 Å². The van der Waals surface area contributed by atoms with Crippen molar-refractivity contribution in [3.05, 3.63) is 58.5 Å². The number of hydrogen-bond acceptors (Lipinski definition) is 3. The predicted octanol–water partition coefficient (Wildman–Crippen LogP) is 6.72. The van der Waals surface area contributed by atoms with Crippen molar-refractivity contribution in [2.75, 3.05) is 19.6 Å². The molecule has 1 unspecified atom stereocenters. The Labute approximate surface area is 221 Å². The Balaban J connectivity index is 2.02. The molecule has 0 aromatic rings. The van der Waals surface area contributed by atoms with Crippen molar-refractivity contribution in [2.45, 2.75) is 91.5 Å². The summed E-state index contributed by atoms with van der Waals surface area (Å²) in [4.78, 5) is 16.0. The van der Waals surface area contributed by atoms with Gasteiger partial charge in [-0.05, 0) is 49.3 Å². The molecule has 0 fully saturated rings. The van der Waals surface area contributed by atoms with E-state index in [4.69, 9.17) is 0 Å². The highest BCUT2D eigenvalue weighted by atomic mass is 19.3. The molecule has 7 heteroatoms. The lowest BCUT2D eigenvalue weighted by atomic mass is 9.79. The zero-order valence-electron chi connectivity index (χ0n) is 23.0. The van der Waals surface area contributed by atoms with Gasteiger partial charge in [0, 0.05) is 55.9 Å². The molecule has 1 aliphatic carbocycles. The number of carbonyl (C=O) groups excluding carboxylic acids is 1. The minimum Gasteiger partial charge on any atom is -0.385 e. The molecule has 0 aromatic carbocycles. The molecule has 0 aromatic heterocycles. The Morgan fingerprint density at radius 1 is 1.24 bits per heavy atom. The van der Waals surface area contributed by atoms with E-state index in [1.165, 1.54) is 0 Å². The van der Waals surface area contributed by atoms with E-state index >= 15 is 0 Å². The molecular weight excluding hydrogens is 470 g/mol. The number of hydrogen-bond donors (Lipinski definition) is 2. The third-order valence-electron chi connectivity index (χ3n) is 7.83. The van der Waals surface area contributed by atoms with Crippen LogP contribution in [0.1, 0.15) is 79.1 Å². The Bertz CT molecular complexity index is 1000. The topological polar surface area (TPSA) is 59.4 Å². The monoisotopic (exact) mass is 514 g/mol. The van der Waals surface area contributed by atoms with Crippen molar-refractivity contribution in [3.63, 3.8) is 0 Å². The maximum atomic E-state index is 14.3. The number of alkyl halides is 2. The number of halogens is 2. The van der Waals surface area contributed by atoms with Gasteiger partial charge < -0.3 is 15.1 Å². The van der Waals surface area contributed by atoms with Gasteiger partial charge in [0.05, 0.1) is 12.5 Å². The molecule has 2 N–H and O–H groups in total. The summed E-state index contributed by atoms with van der Waals surface area (Å²) in [5.41, 5.74) is 5.10. The van der Waals surface area contributed by atoms with Gasteiger partial charge in [0.1, 0.15) is 5.84 Å². The molecule has 0 spiro atoms. The Morgan fingerprint density at radius 2 is 1.95 bits per heavy atom. The Morgan fingerprint density at radius 3 is 2.51 bits per heavy atom. The van der Waals surface area contributed by atoms with Crippen LogP contribution in [0, 0.1) is 11.3 Å². The summed E-state index contributed by atoms with van der Waals surface area (Å²) in [5, 5.41) is 13.0. The largest absolute Gasteiger partial charge is 0.385 e. The van der Waals surface area contributed by atoms with Gasteiger partial charge >= 0.3 is 0 Å². The van der Waals surface area contributed by atoms with E-state index in [1.54, 1.807) is 17.9 Å². The Kier molecular flexibility index (Phi) is 10.3. The molecule has 2 heterocycles. The highest BCUT2D eigenvalue weighted by Crippen LogP contribution is 2.42. The molecule has 3 aliphatic rings. The second-order valence-corrected chi connectivity index (χ2v) is 10.3. The SMILES string of the molecule is C=C/C(=C\C)C1=CC2=C(CC1C(F)F)N(C(=N)C1=C(NC(CCC)CCC)CCN(C(C)=O)C1)CCC2. The first-order valence-electron chi connectivity index (χ1n) is 13.9. The number of amidine groups is 1. The summed E-state index contributed by atoms with van der Waals surface area (Å²) < 4.78 is 28.6. The first-order chi connectivity index (χ1) is 17.7. The highest BCUT2D eigenvalue weighted by molar-refractivity contribution is 5.99. The lowest BCUT2D eigenvalue weighted by Crippen LogP contribution is -2.46. The van der Waals surface area contributed by atoms with Gasteiger partial charge in [0.2, 0.25) is 12.3 Å². The van der Waals surface area contributed by atoms with Crippen LogP contribution in [0.3, 0.4) is 0 Å². The van der Waals surface area contributed by atoms with Crippen LogP contribution in [0.4, 0.5) is 8.78 Å². The average molecular weight is 515 g/mol. The van der Waals surface area contributed by atoms with Crippen molar-refractivity contribution in [3.8, 4) is 0 Å². The number of amides is 1. The molecule has 0 saturated carbocycles. The summed E-state index contributed by atoms with van der Waals surface area (Å²) in [6, 6.07) is 0.328. The van der Waals surface area contributed by atoms with Crippen molar-refractivity contribution in [1.29, 1.82) is 5.41 Å². The quantitative estimate of drug-likeness (QED) is 0.193. The van der Waals surface area contributed by atoms with Crippen LogP contribution in [0.2, 0.25) is 0 Å². The molecule has 5 nitrogen and oxygen atoms in total. The summed E-state index contributed by atoms with van der Waals surface area (Å²) in [6.45, 7) is 13.2. The maximum absolute atomic E-state index is 14.3. The van der Waals surface area contributed by atoms with E-state index in [2.05, 4.69) is 25.7 Å². The molecule has 1 atom stereocenters. The van der Waals surface area contributed by atoms with Crippen LogP contribution in [-0.2, 0) is 4.79 Å². The third-order valence-corrected chi connectivity index (χ3v) is 7.83. The maximum Gasteiger partial charge on any atom is 0.245 e. The number of carbonyl (C=O) groups is 1. The van der Waals surface area contributed by atoms with E-state index in [0.717, 1.165) is 66.6 Å². The van der Waals surface area contributed by atoms with E-state index in [1.807, 2.05) is 24.0 Å². The first kappa shape index (κ1) is 28.9. The third kappa shape index (κ3) is 6.60. The molecule has 3 rings (SSSR count). The molecule has 2 aliphatic heterocycles. The van der Waals surface area contributed by atoms with Crippen LogP contribution in [-0.4, -0.2) is 53.6 Å². The normalized spacial score (nSPS) is 20.9. The van der Waals surface area contributed by atoms with E-state index in [-0.39, 0.29) is 12.3 Å². The van der Waals surface area contributed by atoms with Gasteiger partial charge in [0.25, 0.3) is 0 Å². The van der Waals surface area contributed by atoms with Crippen molar-refractivity contribution in [1.82, 2.24) is 15.1 Å².